The second-order valence-electron chi connectivity index (χ2n) is 3.79. The molecule has 1 rings (SSSR count). The van der Waals surface area contributed by atoms with Gasteiger partial charge in [0.25, 0.3) is 10.2 Å². The van der Waals surface area contributed by atoms with Gasteiger partial charge in [0.1, 0.15) is 0 Å². The summed E-state index contributed by atoms with van der Waals surface area (Å²) in [7, 11) is -0.335. The highest BCUT2D eigenvalue weighted by Crippen LogP contribution is 2.03. The number of nitrogens with zero attached hydrogens (tertiary/aromatic N) is 3. The first-order chi connectivity index (χ1) is 7.34. The largest absolute Gasteiger partial charge is 0.333 e. The third-order valence-corrected chi connectivity index (χ3v) is 3.99. The molecule has 6 nitrogen and oxygen atoms in total. The van der Waals surface area contributed by atoms with E-state index in [0.717, 1.165) is 15.7 Å². The van der Waals surface area contributed by atoms with Crippen molar-refractivity contribution >= 4 is 10.2 Å². The molecule has 1 aromatic heterocycles. The maximum absolute atomic E-state index is 11.4. The Hall–Kier alpha value is -0.920. The highest BCUT2D eigenvalue weighted by Gasteiger charge is 2.11. The van der Waals surface area contributed by atoms with E-state index in [-0.39, 0.29) is 0 Å². The lowest BCUT2D eigenvalue weighted by Gasteiger charge is -2.12. The van der Waals surface area contributed by atoms with Gasteiger partial charge in [-0.1, -0.05) is 0 Å². The molecule has 0 amide bonds. The standard InChI is InChI=1S/C9H18N4O2S/c1-8-9(2)13(7-10-8)6-5-11-16(14,15)12(3)4/h7,11H,5-6H2,1-4H3. The molecule has 0 radical (unpaired) electrons. The van der Waals surface area contributed by atoms with Gasteiger partial charge in [0.05, 0.1) is 12.0 Å². The molecule has 0 aromatic carbocycles. The van der Waals surface area contributed by atoms with Crippen LogP contribution in [0.5, 0.6) is 0 Å². The fourth-order valence-electron chi connectivity index (χ4n) is 1.19. The number of aryl methyl sites for hydroxylation is 1. The van der Waals surface area contributed by atoms with Gasteiger partial charge < -0.3 is 4.57 Å². The Bertz CT molecular complexity index is 450. The summed E-state index contributed by atoms with van der Waals surface area (Å²) in [5.74, 6) is 0. The number of nitrogens with one attached hydrogen (secondary N) is 1. The lowest BCUT2D eigenvalue weighted by molar-refractivity contribution is 0.500. The summed E-state index contributed by atoms with van der Waals surface area (Å²) in [4.78, 5) is 4.14. The predicted octanol–water partition coefficient (Wildman–Crippen LogP) is -0.104. The Morgan fingerprint density at radius 3 is 2.50 bits per heavy atom. The van der Waals surface area contributed by atoms with E-state index >= 15 is 0 Å². The summed E-state index contributed by atoms with van der Waals surface area (Å²) in [5.41, 5.74) is 2.03. The van der Waals surface area contributed by atoms with Crippen molar-refractivity contribution in [3.63, 3.8) is 0 Å². The first-order valence-corrected chi connectivity index (χ1v) is 6.44. The molecular formula is C9H18N4O2S. The second kappa shape index (κ2) is 4.94. The van der Waals surface area contributed by atoms with E-state index in [4.69, 9.17) is 0 Å². The molecule has 0 bridgehead atoms. The molecule has 0 saturated carbocycles. The zero-order valence-corrected chi connectivity index (χ0v) is 10.9. The van der Waals surface area contributed by atoms with Crippen LogP contribution in [-0.4, -0.2) is 42.9 Å². The molecule has 0 aliphatic carbocycles. The topological polar surface area (TPSA) is 67.2 Å². The van der Waals surface area contributed by atoms with Crippen LogP contribution in [0.15, 0.2) is 6.33 Å². The van der Waals surface area contributed by atoms with Gasteiger partial charge >= 0.3 is 0 Å². The molecule has 0 unspecified atom stereocenters. The van der Waals surface area contributed by atoms with Crippen LogP contribution < -0.4 is 4.72 Å². The van der Waals surface area contributed by atoms with E-state index in [9.17, 15) is 8.42 Å². The van der Waals surface area contributed by atoms with E-state index in [0.29, 0.717) is 13.1 Å². The van der Waals surface area contributed by atoms with Gasteiger partial charge in [-0.2, -0.15) is 12.7 Å². The molecule has 0 aliphatic heterocycles. The lowest BCUT2D eigenvalue weighted by atomic mass is 10.4. The summed E-state index contributed by atoms with van der Waals surface area (Å²) in [5, 5.41) is 0. The van der Waals surface area contributed by atoms with Gasteiger partial charge in [-0.3, -0.25) is 0 Å². The summed E-state index contributed by atoms with van der Waals surface area (Å²) in [6, 6.07) is 0. The van der Waals surface area contributed by atoms with Crippen molar-refractivity contribution in [2.45, 2.75) is 20.4 Å². The van der Waals surface area contributed by atoms with Crippen LogP contribution in [0.3, 0.4) is 0 Å². The Kier molecular flexibility index (Phi) is 4.06. The Labute approximate surface area is 96.5 Å². The van der Waals surface area contributed by atoms with Crippen LogP contribution in [0.2, 0.25) is 0 Å². The molecule has 1 aromatic rings. The summed E-state index contributed by atoms with van der Waals surface area (Å²) in [6.07, 6.45) is 1.72. The van der Waals surface area contributed by atoms with Crippen molar-refractivity contribution in [3.8, 4) is 0 Å². The van der Waals surface area contributed by atoms with Crippen molar-refractivity contribution in [2.24, 2.45) is 0 Å². The molecule has 0 fully saturated rings. The predicted molar refractivity (Wildman–Crippen MR) is 62.3 cm³/mol. The number of rotatable bonds is 5. The van der Waals surface area contributed by atoms with Gasteiger partial charge in [0.2, 0.25) is 0 Å². The molecule has 92 valence electrons. The monoisotopic (exact) mass is 246 g/mol. The van der Waals surface area contributed by atoms with Gasteiger partial charge in [-0.25, -0.2) is 9.71 Å². The van der Waals surface area contributed by atoms with E-state index in [2.05, 4.69) is 9.71 Å². The van der Waals surface area contributed by atoms with E-state index in [1.165, 1.54) is 14.1 Å². The SMILES string of the molecule is Cc1ncn(CCNS(=O)(=O)N(C)C)c1C. The van der Waals surface area contributed by atoms with Gasteiger partial charge in [0, 0.05) is 32.9 Å². The highest BCUT2D eigenvalue weighted by molar-refractivity contribution is 7.87. The Morgan fingerprint density at radius 1 is 1.44 bits per heavy atom. The van der Waals surface area contributed by atoms with Crippen LogP contribution in [0.25, 0.3) is 0 Å². The normalized spacial score (nSPS) is 12.3. The van der Waals surface area contributed by atoms with Crippen LogP contribution in [0, 0.1) is 13.8 Å². The molecule has 0 aliphatic rings. The van der Waals surface area contributed by atoms with Crippen LogP contribution >= 0.6 is 0 Å². The minimum absolute atomic E-state index is 0.358. The molecule has 0 spiro atoms. The van der Waals surface area contributed by atoms with Gasteiger partial charge in [0.15, 0.2) is 0 Å². The maximum atomic E-state index is 11.4. The molecule has 7 heteroatoms. The van der Waals surface area contributed by atoms with Crippen molar-refractivity contribution in [2.75, 3.05) is 20.6 Å². The average Bonchev–Trinajstić information content (AvgIpc) is 2.49. The molecule has 0 atom stereocenters. The minimum atomic E-state index is -3.32. The maximum Gasteiger partial charge on any atom is 0.278 e. The smallest absolute Gasteiger partial charge is 0.278 e. The molecule has 1 heterocycles. The van der Waals surface area contributed by atoms with Crippen LogP contribution in [-0.2, 0) is 16.8 Å². The second-order valence-corrected chi connectivity index (χ2v) is 5.76. The number of aromatic nitrogens is 2. The quantitative estimate of drug-likeness (QED) is 0.788. The van der Waals surface area contributed by atoms with Crippen molar-refractivity contribution < 1.29 is 8.42 Å². The third kappa shape index (κ3) is 3.03. The van der Waals surface area contributed by atoms with Gasteiger partial charge in [-0.15, -0.1) is 0 Å². The Balaban J connectivity index is 2.51. The number of imidazole rings is 1. The summed E-state index contributed by atoms with van der Waals surface area (Å²) >= 11 is 0. The molecule has 1 N–H and O–H groups in total. The van der Waals surface area contributed by atoms with E-state index < -0.39 is 10.2 Å². The van der Waals surface area contributed by atoms with E-state index in [1.54, 1.807) is 6.33 Å². The zero-order valence-electron chi connectivity index (χ0n) is 10.1. The van der Waals surface area contributed by atoms with E-state index in [1.807, 2.05) is 18.4 Å². The number of hydrogen-bond acceptors (Lipinski definition) is 3. The van der Waals surface area contributed by atoms with Crippen molar-refractivity contribution in [3.05, 3.63) is 17.7 Å². The molecule has 16 heavy (non-hydrogen) atoms. The first-order valence-electron chi connectivity index (χ1n) is 5.00. The minimum Gasteiger partial charge on any atom is -0.333 e. The van der Waals surface area contributed by atoms with Crippen LogP contribution in [0.1, 0.15) is 11.4 Å². The Morgan fingerprint density at radius 2 is 2.06 bits per heavy atom. The fraction of sp³-hybridized carbons (Fsp3) is 0.667. The lowest BCUT2D eigenvalue weighted by Crippen LogP contribution is -2.37. The fourth-order valence-corrected chi connectivity index (χ4v) is 1.80. The van der Waals surface area contributed by atoms with Crippen molar-refractivity contribution in [1.82, 2.24) is 18.6 Å². The zero-order chi connectivity index (χ0) is 12.3. The molecule has 0 saturated heterocycles. The van der Waals surface area contributed by atoms with Gasteiger partial charge in [-0.05, 0) is 13.8 Å². The number of hydrogen-bond donors (Lipinski definition) is 1. The summed E-state index contributed by atoms with van der Waals surface area (Å²) < 4.78 is 28.4. The first kappa shape index (κ1) is 13.1. The highest BCUT2D eigenvalue weighted by atomic mass is 32.2. The average molecular weight is 246 g/mol. The van der Waals surface area contributed by atoms with Crippen LogP contribution in [0.4, 0.5) is 0 Å². The molecular weight excluding hydrogens is 228 g/mol. The summed E-state index contributed by atoms with van der Waals surface area (Å²) in [6.45, 7) is 4.83. The third-order valence-electron chi connectivity index (χ3n) is 2.46. The van der Waals surface area contributed by atoms with Crippen molar-refractivity contribution in [1.29, 1.82) is 0 Å².